The number of aryl methyl sites for hydroxylation is 1. The van der Waals surface area contributed by atoms with Crippen molar-refractivity contribution in [3.05, 3.63) is 11.5 Å². The molecule has 0 amide bonds. The first-order valence-corrected chi connectivity index (χ1v) is 5.57. The molecule has 0 aliphatic carbocycles. The van der Waals surface area contributed by atoms with Crippen LogP contribution in [0.2, 0.25) is 0 Å². The van der Waals surface area contributed by atoms with E-state index in [-0.39, 0.29) is 5.54 Å². The van der Waals surface area contributed by atoms with Crippen molar-refractivity contribution in [2.75, 3.05) is 5.73 Å². The highest BCUT2D eigenvalue weighted by Gasteiger charge is 2.21. The highest BCUT2D eigenvalue weighted by Crippen LogP contribution is 2.25. The number of hydrogen-bond donors (Lipinski definition) is 1. The third-order valence-corrected chi connectivity index (χ3v) is 2.43. The molecule has 0 fully saturated rings. The summed E-state index contributed by atoms with van der Waals surface area (Å²) in [6.45, 7) is 12.8. The highest BCUT2D eigenvalue weighted by molar-refractivity contribution is 5.39. The largest absolute Gasteiger partial charge is 0.384 e. The minimum atomic E-state index is 0.0103. The van der Waals surface area contributed by atoms with E-state index in [1.165, 1.54) is 0 Å². The normalized spacial score (nSPS) is 12.5. The SMILES string of the molecule is Cc1nc(CC(C)C)c(N)n1C(C)(C)C. The van der Waals surface area contributed by atoms with Gasteiger partial charge in [-0.25, -0.2) is 4.98 Å². The van der Waals surface area contributed by atoms with Crippen LogP contribution in [-0.4, -0.2) is 9.55 Å². The minimum Gasteiger partial charge on any atom is -0.384 e. The molecule has 86 valence electrons. The Labute approximate surface area is 92.7 Å². The van der Waals surface area contributed by atoms with Gasteiger partial charge in [0, 0.05) is 5.54 Å². The second kappa shape index (κ2) is 3.87. The first-order valence-electron chi connectivity index (χ1n) is 5.57. The number of rotatable bonds is 2. The smallest absolute Gasteiger partial charge is 0.127 e. The molecule has 0 saturated heterocycles. The molecule has 15 heavy (non-hydrogen) atoms. The second-order valence-corrected chi connectivity index (χ2v) is 5.60. The van der Waals surface area contributed by atoms with E-state index >= 15 is 0 Å². The summed E-state index contributed by atoms with van der Waals surface area (Å²) < 4.78 is 2.12. The van der Waals surface area contributed by atoms with Crippen LogP contribution < -0.4 is 5.73 Å². The molecule has 0 unspecified atom stereocenters. The van der Waals surface area contributed by atoms with Crippen molar-refractivity contribution >= 4 is 5.82 Å². The van der Waals surface area contributed by atoms with Gasteiger partial charge in [-0.1, -0.05) is 13.8 Å². The van der Waals surface area contributed by atoms with E-state index in [1.54, 1.807) is 0 Å². The third-order valence-electron chi connectivity index (χ3n) is 2.43. The topological polar surface area (TPSA) is 43.8 Å². The van der Waals surface area contributed by atoms with Gasteiger partial charge in [0.1, 0.15) is 11.6 Å². The maximum atomic E-state index is 6.14. The molecule has 1 heterocycles. The lowest BCUT2D eigenvalue weighted by atomic mass is 10.1. The van der Waals surface area contributed by atoms with Crippen molar-refractivity contribution in [1.29, 1.82) is 0 Å². The summed E-state index contributed by atoms with van der Waals surface area (Å²) in [5, 5.41) is 0. The Morgan fingerprint density at radius 3 is 2.20 bits per heavy atom. The Kier molecular flexibility index (Phi) is 3.12. The van der Waals surface area contributed by atoms with Gasteiger partial charge >= 0.3 is 0 Å². The average molecular weight is 209 g/mol. The molecule has 0 bridgehead atoms. The number of anilines is 1. The summed E-state index contributed by atoms with van der Waals surface area (Å²) in [6.07, 6.45) is 0.954. The Morgan fingerprint density at radius 2 is 1.87 bits per heavy atom. The van der Waals surface area contributed by atoms with E-state index in [0.29, 0.717) is 5.92 Å². The Hall–Kier alpha value is -0.990. The van der Waals surface area contributed by atoms with Crippen LogP contribution in [0.1, 0.15) is 46.1 Å². The zero-order chi connectivity index (χ0) is 11.8. The standard InChI is InChI=1S/C12H23N3/c1-8(2)7-10-11(13)15(9(3)14-10)12(4,5)6/h8H,7,13H2,1-6H3. The summed E-state index contributed by atoms with van der Waals surface area (Å²) in [7, 11) is 0. The fraction of sp³-hybridized carbons (Fsp3) is 0.750. The average Bonchev–Trinajstić information content (AvgIpc) is 2.23. The molecule has 1 aromatic rings. The lowest BCUT2D eigenvalue weighted by Crippen LogP contribution is -2.24. The quantitative estimate of drug-likeness (QED) is 0.814. The monoisotopic (exact) mass is 209 g/mol. The van der Waals surface area contributed by atoms with Gasteiger partial charge in [0.2, 0.25) is 0 Å². The van der Waals surface area contributed by atoms with Crippen LogP contribution in [-0.2, 0) is 12.0 Å². The van der Waals surface area contributed by atoms with Crippen LogP contribution in [0.5, 0.6) is 0 Å². The van der Waals surface area contributed by atoms with E-state index in [2.05, 4.69) is 44.2 Å². The van der Waals surface area contributed by atoms with Gasteiger partial charge in [0.15, 0.2) is 0 Å². The predicted octanol–water partition coefficient (Wildman–Crippen LogP) is 2.73. The number of nitrogen functional groups attached to an aromatic ring is 1. The zero-order valence-electron chi connectivity index (χ0n) is 10.8. The van der Waals surface area contributed by atoms with Crippen molar-refractivity contribution < 1.29 is 0 Å². The Balaban J connectivity index is 3.15. The Bertz CT molecular complexity index is 342. The molecule has 0 atom stereocenters. The highest BCUT2D eigenvalue weighted by atomic mass is 15.2. The number of aromatic nitrogens is 2. The first-order chi connectivity index (χ1) is 6.73. The minimum absolute atomic E-state index is 0.0103. The molecule has 1 aromatic heterocycles. The Morgan fingerprint density at radius 1 is 1.33 bits per heavy atom. The molecule has 0 spiro atoms. The molecular formula is C12H23N3. The number of imidazole rings is 1. The van der Waals surface area contributed by atoms with Gasteiger partial charge in [-0.2, -0.15) is 0 Å². The van der Waals surface area contributed by atoms with Crippen molar-refractivity contribution in [2.24, 2.45) is 5.92 Å². The van der Waals surface area contributed by atoms with Gasteiger partial charge < -0.3 is 10.3 Å². The number of nitrogens with zero attached hydrogens (tertiary/aromatic N) is 2. The maximum Gasteiger partial charge on any atom is 0.127 e. The van der Waals surface area contributed by atoms with Crippen LogP contribution in [0.15, 0.2) is 0 Å². The van der Waals surface area contributed by atoms with Crippen LogP contribution >= 0.6 is 0 Å². The van der Waals surface area contributed by atoms with Crippen LogP contribution in [0.4, 0.5) is 5.82 Å². The lowest BCUT2D eigenvalue weighted by molar-refractivity contribution is 0.393. The van der Waals surface area contributed by atoms with Gasteiger partial charge in [-0.15, -0.1) is 0 Å². The zero-order valence-corrected chi connectivity index (χ0v) is 10.8. The van der Waals surface area contributed by atoms with Crippen LogP contribution in [0.25, 0.3) is 0 Å². The summed E-state index contributed by atoms with van der Waals surface area (Å²) in [5.41, 5.74) is 7.19. The molecular weight excluding hydrogens is 186 g/mol. The fourth-order valence-electron chi connectivity index (χ4n) is 1.99. The third kappa shape index (κ3) is 2.52. The summed E-state index contributed by atoms with van der Waals surface area (Å²) >= 11 is 0. The summed E-state index contributed by atoms with van der Waals surface area (Å²) in [4.78, 5) is 4.55. The summed E-state index contributed by atoms with van der Waals surface area (Å²) in [6, 6.07) is 0. The van der Waals surface area contributed by atoms with E-state index in [0.717, 1.165) is 23.8 Å². The lowest BCUT2D eigenvalue weighted by Gasteiger charge is -2.24. The van der Waals surface area contributed by atoms with Crippen molar-refractivity contribution in [3.63, 3.8) is 0 Å². The fourth-order valence-corrected chi connectivity index (χ4v) is 1.99. The molecule has 3 heteroatoms. The van der Waals surface area contributed by atoms with Gasteiger partial charge in [-0.3, -0.25) is 0 Å². The van der Waals surface area contributed by atoms with Crippen molar-refractivity contribution in [1.82, 2.24) is 9.55 Å². The second-order valence-electron chi connectivity index (χ2n) is 5.60. The molecule has 1 rings (SSSR count). The van der Waals surface area contributed by atoms with Crippen molar-refractivity contribution in [3.8, 4) is 0 Å². The molecule has 2 N–H and O–H groups in total. The van der Waals surface area contributed by atoms with Crippen molar-refractivity contribution in [2.45, 2.75) is 53.5 Å². The molecule has 3 nitrogen and oxygen atoms in total. The summed E-state index contributed by atoms with van der Waals surface area (Å²) in [5.74, 6) is 2.43. The number of nitrogens with two attached hydrogens (primary N) is 1. The van der Waals surface area contributed by atoms with E-state index < -0.39 is 0 Å². The van der Waals surface area contributed by atoms with Crippen LogP contribution in [0.3, 0.4) is 0 Å². The van der Waals surface area contributed by atoms with Gasteiger partial charge in [0.25, 0.3) is 0 Å². The molecule has 0 aromatic carbocycles. The van der Waals surface area contributed by atoms with E-state index in [9.17, 15) is 0 Å². The molecule has 0 saturated carbocycles. The maximum absolute atomic E-state index is 6.14. The van der Waals surface area contributed by atoms with Gasteiger partial charge in [0.05, 0.1) is 5.69 Å². The first kappa shape index (κ1) is 12.1. The van der Waals surface area contributed by atoms with Crippen LogP contribution in [0, 0.1) is 12.8 Å². The molecule has 0 aliphatic heterocycles. The predicted molar refractivity (Wildman–Crippen MR) is 64.9 cm³/mol. The molecule has 0 radical (unpaired) electrons. The van der Waals surface area contributed by atoms with Gasteiger partial charge in [-0.05, 0) is 40.0 Å². The van der Waals surface area contributed by atoms with E-state index in [4.69, 9.17) is 5.73 Å². The molecule has 0 aliphatic rings. The van der Waals surface area contributed by atoms with E-state index in [1.807, 2.05) is 6.92 Å². The number of hydrogen-bond acceptors (Lipinski definition) is 2.